The van der Waals surface area contributed by atoms with Crippen LogP contribution in [0.5, 0.6) is 0 Å². The van der Waals surface area contributed by atoms with Gasteiger partial charge in [-0.3, -0.25) is 0 Å². The van der Waals surface area contributed by atoms with Crippen LogP contribution in [0.15, 0.2) is 58.3 Å². The number of benzene rings is 2. The average molecular weight is 411 g/mol. The fraction of sp³-hybridized carbons (Fsp3) is 0.333. The van der Waals surface area contributed by atoms with Gasteiger partial charge in [0.05, 0.1) is 9.79 Å². The molecule has 0 aliphatic carbocycles. The number of hydrogen-bond donors (Lipinski definition) is 0. The van der Waals surface area contributed by atoms with Gasteiger partial charge < -0.3 is 4.74 Å². The second-order valence-corrected chi connectivity index (χ2v) is 10.3. The van der Waals surface area contributed by atoms with E-state index < -0.39 is 20.0 Å². The third-order valence-corrected chi connectivity index (χ3v) is 8.06. The Morgan fingerprint density at radius 2 is 1.00 bits per heavy atom. The Kier molecular flexibility index (Phi) is 5.68. The van der Waals surface area contributed by atoms with Crippen LogP contribution >= 0.6 is 0 Å². The summed E-state index contributed by atoms with van der Waals surface area (Å²) in [5, 5.41) is 0. The molecule has 0 saturated carbocycles. The predicted octanol–water partition coefficient (Wildman–Crippen LogP) is 1.93. The van der Waals surface area contributed by atoms with E-state index in [1.54, 1.807) is 24.3 Å². The van der Waals surface area contributed by atoms with Crippen LogP contribution in [0.3, 0.4) is 0 Å². The Labute approximate surface area is 160 Å². The maximum atomic E-state index is 12.8. The fourth-order valence-electron chi connectivity index (χ4n) is 2.69. The molecule has 1 aliphatic rings. The van der Waals surface area contributed by atoms with E-state index in [2.05, 4.69) is 0 Å². The highest BCUT2D eigenvalue weighted by Gasteiger charge is 2.32. The molecule has 3 rings (SSSR count). The molecule has 1 saturated heterocycles. The van der Waals surface area contributed by atoms with E-state index in [1.807, 2.05) is 13.8 Å². The molecule has 0 radical (unpaired) electrons. The molecule has 0 N–H and O–H groups in total. The summed E-state index contributed by atoms with van der Waals surface area (Å²) >= 11 is 0. The summed E-state index contributed by atoms with van der Waals surface area (Å²) in [5.41, 5.74) is 1.91. The Morgan fingerprint density at radius 3 is 1.33 bits per heavy atom. The Morgan fingerprint density at radius 1 is 0.667 bits per heavy atom. The van der Waals surface area contributed by atoms with Crippen molar-refractivity contribution in [2.75, 3.05) is 26.6 Å². The van der Waals surface area contributed by atoms with Crippen molar-refractivity contribution in [3.05, 3.63) is 59.7 Å². The van der Waals surface area contributed by atoms with Crippen molar-refractivity contribution in [2.45, 2.75) is 23.6 Å². The largest absolute Gasteiger partial charge is 0.349 e. The average Bonchev–Trinajstić information content (AvgIpc) is 2.90. The zero-order valence-corrected chi connectivity index (χ0v) is 16.8. The lowest BCUT2D eigenvalue weighted by atomic mass is 10.2. The number of nitrogens with zero attached hydrogens (tertiary/aromatic N) is 2. The van der Waals surface area contributed by atoms with Crippen LogP contribution in [-0.2, 0) is 24.8 Å². The minimum Gasteiger partial charge on any atom is -0.349 e. The molecule has 146 valence electrons. The molecule has 7 nitrogen and oxygen atoms in total. The van der Waals surface area contributed by atoms with E-state index in [-0.39, 0.29) is 36.3 Å². The molecule has 1 fully saturated rings. The van der Waals surface area contributed by atoms with Crippen LogP contribution in [0.1, 0.15) is 11.1 Å². The Bertz CT molecular complexity index is 917. The number of hydrogen-bond acceptors (Lipinski definition) is 5. The molecular formula is C18H22N2O5S2. The normalized spacial score (nSPS) is 17.6. The molecule has 0 aromatic heterocycles. The van der Waals surface area contributed by atoms with Crippen LogP contribution in [0, 0.1) is 13.8 Å². The van der Waals surface area contributed by atoms with Gasteiger partial charge in [-0.2, -0.15) is 8.61 Å². The van der Waals surface area contributed by atoms with Crippen LogP contribution in [0.25, 0.3) is 0 Å². The summed E-state index contributed by atoms with van der Waals surface area (Å²) in [6, 6.07) is 13.0. The van der Waals surface area contributed by atoms with Gasteiger partial charge in [-0.05, 0) is 38.1 Å². The summed E-state index contributed by atoms with van der Waals surface area (Å²) in [5.74, 6) is 0. The third kappa shape index (κ3) is 4.22. The van der Waals surface area contributed by atoms with Crippen molar-refractivity contribution in [2.24, 2.45) is 0 Å². The lowest BCUT2D eigenvalue weighted by Gasteiger charge is -2.20. The number of sulfonamides is 2. The first kappa shape index (κ1) is 20.0. The smallest absolute Gasteiger partial charge is 0.245 e. The monoisotopic (exact) mass is 410 g/mol. The van der Waals surface area contributed by atoms with E-state index in [0.717, 1.165) is 19.7 Å². The highest BCUT2D eigenvalue weighted by molar-refractivity contribution is 7.89. The Balaban J connectivity index is 1.79. The van der Waals surface area contributed by atoms with E-state index >= 15 is 0 Å². The highest BCUT2D eigenvalue weighted by atomic mass is 32.2. The summed E-state index contributed by atoms with van der Waals surface area (Å²) in [6.07, 6.45) is 0. The summed E-state index contributed by atoms with van der Waals surface area (Å²) in [6.45, 7) is 3.38. The Hall–Kier alpha value is -1.78. The van der Waals surface area contributed by atoms with E-state index in [9.17, 15) is 16.8 Å². The highest BCUT2D eigenvalue weighted by Crippen LogP contribution is 2.21. The molecule has 2 aromatic carbocycles. The zero-order valence-electron chi connectivity index (χ0n) is 15.2. The first-order chi connectivity index (χ1) is 12.7. The topological polar surface area (TPSA) is 84.0 Å². The first-order valence-electron chi connectivity index (χ1n) is 8.43. The van der Waals surface area contributed by atoms with E-state index in [1.165, 1.54) is 24.3 Å². The fourth-order valence-corrected chi connectivity index (χ4v) is 5.32. The predicted molar refractivity (Wildman–Crippen MR) is 101 cm³/mol. The van der Waals surface area contributed by atoms with Crippen molar-refractivity contribution >= 4 is 20.0 Å². The van der Waals surface area contributed by atoms with Gasteiger partial charge in [0.2, 0.25) is 20.0 Å². The van der Waals surface area contributed by atoms with Crippen LogP contribution in [-0.4, -0.2) is 52.0 Å². The third-order valence-electron chi connectivity index (χ3n) is 4.39. The van der Waals surface area contributed by atoms with Gasteiger partial charge >= 0.3 is 0 Å². The maximum Gasteiger partial charge on any atom is 0.245 e. The van der Waals surface area contributed by atoms with Crippen molar-refractivity contribution in [1.29, 1.82) is 0 Å². The second kappa shape index (κ2) is 7.69. The van der Waals surface area contributed by atoms with Crippen molar-refractivity contribution in [3.8, 4) is 0 Å². The lowest BCUT2D eigenvalue weighted by molar-refractivity contribution is 0.0573. The van der Waals surface area contributed by atoms with Gasteiger partial charge in [-0.1, -0.05) is 35.4 Å². The molecule has 0 atom stereocenters. The minimum absolute atomic E-state index is 0.0152. The molecule has 2 aromatic rings. The summed E-state index contributed by atoms with van der Waals surface area (Å²) in [4.78, 5) is 0.318. The number of ether oxygens (including phenoxy) is 1. The number of rotatable bonds is 4. The minimum atomic E-state index is -3.75. The van der Waals surface area contributed by atoms with Gasteiger partial charge in [0.25, 0.3) is 0 Å². The first-order valence-corrected chi connectivity index (χ1v) is 11.3. The SMILES string of the molecule is Cc1ccc(S(=O)(=O)N2CCN(S(=O)(=O)c3ccc(C)cc3)COC2)cc1. The summed E-state index contributed by atoms with van der Waals surface area (Å²) < 4.78 is 58.9. The van der Waals surface area contributed by atoms with Gasteiger partial charge in [0, 0.05) is 13.1 Å². The van der Waals surface area contributed by atoms with Gasteiger partial charge in [-0.15, -0.1) is 0 Å². The van der Waals surface area contributed by atoms with Crippen molar-refractivity contribution in [1.82, 2.24) is 8.61 Å². The molecule has 0 unspecified atom stereocenters. The molecule has 0 amide bonds. The molecule has 0 bridgehead atoms. The van der Waals surface area contributed by atoms with Gasteiger partial charge in [0.15, 0.2) is 0 Å². The molecule has 0 spiro atoms. The molecule has 1 heterocycles. The zero-order chi connectivity index (χ0) is 19.7. The molecule has 27 heavy (non-hydrogen) atoms. The van der Waals surface area contributed by atoms with Gasteiger partial charge in [0.1, 0.15) is 13.5 Å². The lowest BCUT2D eigenvalue weighted by Crippen LogP contribution is -2.37. The van der Waals surface area contributed by atoms with Crippen LogP contribution in [0.4, 0.5) is 0 Å². The van der Waals surface area contributed by atoms with Gasteiger partial charge in [-0.25, -0.2) is 16.8 Å². The van der Waals surface area contributed by atoms with Crippen molar-refractivity contribution < 1.29 is 21.6 Å². The second-order valence-electron chi connectivity index (χ2n) is 6.45. The van der Waals surface area contributed by atoms with Crippen LogP contribution in [0.2, 0.25) is 0 Å². The quantitative estimate of drug-likeness (QED) is 0.769. The summed E-state index contributed by atoms with van der Waals surface area (Å²) in [7, 11) is -7.51. The molecule has 1 aliphatic heterocycles. The standard InChI is InChI=1S/C18H22N2O5S2/c1-15-3-7-17(8-4-15)26(21,22)19-11-12-20(14-25-13-19)27(23,24)18-9-5-16(2)6-10-18/h3-10H,11-14H2,1-2H3. The van der Waals surface area contributed by atoms with Crippen LogP contribution < -0.4 is 0 Å². The van der Waals surface area contributed by atoms with E-state index in [0.29, 0.717) is 0 Å². The van der Waals surface area contributed by atoms with E-state index in [4.69, 9.17) is 4.74 Å². The maximum absolute atomic E-state index is 12.8. The molecular weight excluding hydrogens is 388 g/mol. The number of aryl methyl sites for hydroxylation is 2. The van der Waals surface area contributed by atoms with Crippen molar-refractivity contribution in [3.63, 3.8) is 0 Å². The molecule has 9 heteroatoms.